The van der Waals surface area contributed by atoms with E-state index in [4.69, 9.17) is 18.9 Å². The third kappa shape index (κ3) is 5.24. The predicted octanol–water partition coefficient (Wildman–Crippen LogP) is -0.0104. The van der Waals surface area contributed by atoms with Crippen molar-refractivity contribution in [2.45, 2.75) is 43.0 Å². The molecule has 37 heavy (non-hydrogen) atoms. The normalized spacial score (nSPS) is 30.6. The second-order valence-electron chi connectivity index (χ2n) is 9.31. The maximum Gasteiger partial charge on any atom is 0.309 e. The monoisotopic (exact) mass is 520 g/mol. The van der Waals surface area contributed by atoms with Gasteiger partial charge in [0, 0.05) is 11.5 Å². The van der Waals surface area contributed by atoms with Crippen LogP contribution in [0, 0.1) is 11.8 Å². The maximum atomic E-state index is 12.5. The molecular formula is C26H32O11. The number of ether oxygens (including phenoxy) is 4. The van der Waals surface area contributed by atoms with Crippen LogP contribution < -0.4 is 9.47 Å². The number of phenols is 1. The Morgan fingerprint density at radius 3 is 2.41 bits per heavy atom. The molecule has 202 valence electrons. The van der Waals surface area contributed by atoms with Crippen molar-refractivity contribution in [3.05, 3.63) is 53.1 Å². The van der Waals surface area contributed by atoms with Crippen LogP contribution in [0.1, 0.15) is 28.9 Å². The number of phenolic OH excluding ortho intramolecular Hbond substituents is 1. The fraction of sp³-hybridized carbons (Fsp3) is 0.500. The van der Waals surface area contributed by atoms with Crippen LogP contribution in [-0.2, 0) is 20.7 Å². The smallest absolute Gasteiger partial charge is 0.309 e. The zero-order valence-corrected chi connectivity index (χ0v) is 20.4. The molecule has 4 rings (SSSR count). The molecule has 8 atom stereocenters. The van der Waals surface area contributed by atoms with E-state index in [1.165, 1.54) is 20.3 Å². The lowest BCUT2D eigenvalue weighted by Crippen LogP contribution is -2.55. The number of carbonyl (C=O) groups is 1. The van der Waals surface area contributed by atoms with Gasteiger partial charge < -0.3 is 49.6 Å². The Balaban J connectivity index is 1.57. The molecule has 0 saturated carbocycles. The number of rotatable bonds is 8. The third-order valence-corrected chi connectivity index (χ3v) is 7.14. The molecule has 0 radical (unpaired) electrons. The van der Waals surface area contributed by atoms with E-state index < -0.39 is 61.0 Å². The van der Waals surface area contributed by atoms with Crippen LogP contribution in [0.5, 0.6) is 17.2 Å². The SMILES string of the molecule is COc1cc(C[C@H]2C(=O)OC[C@@H]2[C@@H](O)c2ccc([C@@H]3O[C@H](CO)[C@@H](O)[C@H](O)[C@H]3O)c(OC)c2)ccc1O. The zero-order valence-electron chi connectivity index (χ0n) is 20.4. The van der Waals surface area contributed by atoms with E-state index in [0.717, 1.165) is 5.56 Å². The number of methoxy groups -OCH3 is 2. The first-order valence-electron chi connectivity index (χ1n) is 11.9. The Kier molecular flexibility index (Phi) is 8.22. The van der Waals surface area contributed by atoms with Crippen LogP contribution >= 0.6 is 0 Å². The van der Waals surface area contributed by atoms with Crippen molar-refractivity contribution in [1.82, 2.24) is 0 Å². The van der Waals surface area contributed by atoms with Gasteiger partial charge in [-0.05, 0) is 35.7 Å². The molecule has 2 saturated heterocycles. The van der Waals surface area contributed by atoms with Gasteiger partial charge in [0.2, 0.25) is 0 Å². The summed E-state index contributed by atoms with van der Waals surface area (Å²) in [4.78, 5) is 12.5. The van der Waals surface area contributed by atoms with E-state index in [2.05, 4.69) is 0 Å². The zero-order chi connectivity index (χ0) is 26.9. The van der Waals surface area contributed by atoms with Crippen molar-refractivity contribution < 1.29 is 54.4 Å². The van der Waals surface area contributed by atoms with Crippen LogP contribution in [0.25, 0.3) is 0 Å². The minimum Gasteiger partial charge on any atom is -0.504 e. The Bertz CT molecular complexity index is 1100. The molecule has 0 amide bonds. The van der Waals surface area contributed by atoms with Crippen molar-refractivity contribution in [1.29, 1.82) is 0 Å². The molecule has 0 unspecified atom stereocenters. The molecule has 0 spiro atoms. The lowest BCUT2D eigenvalue weighted by Gasteiger charge is -2.40. The number of hydrogen-bond donors (Lipinski definition) is 6. The Labute approximate surface area is 213 Å². The largest absolute Gasteiger partial charge is 0.504 e. The van der Waals surface area contributed by atoms with E-state index in [1.54, 1.807) is 30.3 Å². The van der Waals surface area contributed by atoms with Gasteiger partial charge in [-0.25, -0.2) is 0 Å². The highest BCUT2D eigenvalue weighted by Gasteiger charge is 2.45. The third-order valence-electron chi connectivity index (χ3n) is 7.14. The van der Waals surface area contributed by atoms with Crippen molar-refractivity contribution in [3.63, 3.8) is 0 Å². The summed E-state index contributed by atoms with van der Waals surface area (Å²) >= 11 is 0. The Morgan fingerprint density at radius 1 is 1.00 bits per heavy atom. The Hall–Kier alpha value is -2.93. The second-order valence-corrected chi connectivity index (χ2v) is 9.31. The quantitative estimate of drug-likeness (QED) is 0.258. The van der Waals surface area contributed by atoms with E-state index >= 15 is 0 Å². The van der Waals surface area contributed by atoms with Crippen LogP contribution in [0.2, 0.25) is 0 Å². The first kappa shape index (κ1) is 27.1. The maximum absolute atomic E-state index is 12.5. The van der Waals surface area contributed by atoms with Gasteiger partial charge in [-0.1, -0.05) is 18.2 Å². The summed E-state index contributed by atoms with van der Waals surface area (Å²) in [5, 5.41) is 61.3. The summed E-state index contributed by atoms with van der Waals surface area (Å²) in [5.74, 6) is -1.18. The molecule has 2 aromatic carbocycles. The van der Waals surface area contributed by atoms with Crippen LogP contribution in [0.15, 0.2) is 36.4 Å². The summed E-state index contributed by atoms with van der Waals surface area (Å²) in [6.07, 6.45) is -7.56. The number of aliphatic hydroxyl groups is 5. The van der Waals surface area contributed by atoms with E-state index in [0.29, 0.717) is 11.1 Å². The molecule has 2 aliphatic rings. The topological polar surface area (TPSA) is 175 Å². The highest BCUT2D eigenvalue weighted by molar-refractivity contribution is 5.75. The lowest BCUT2D eigenvalue weighted by atomic mass is 9.82. The summed E-state index contributed by atoms with van der Waals surface area (Å²) in [6.45, 7) is -0.554. The number of benzene rings is 2. The molecule has 0 aromatic heterocycles. The highest BCUT2D eigenvalue weighted by Crippen LogP contribution is 2.41. The van der Waals surface area contributed by atoms with Crippen molar-refractivity contribution in [2.24, 2.45) is 11.8 Å². The average Bonchev–Trinajstić information content (AvgIpc) is 3.27. The number of esters is 1. The minimum absolute atomic E-state index is 0.0106. The first-order valence-corrected chi connectivity index (χ1v) is 11.9. The fourth-order valence-corrected chi connectivity index (χ4v) is 4.98. The van der Waals surface area contributed by atoms with Gasteiger partial charge in [-0.3, -0.25) is 4.79 Å². The number of aromatic hydroxyl groups is 1. The number of carbonyl (C=O) groups excluding carboxylic acids is 1. The predicted molar refractivity (Wildman–Crippen MR) is 127 cm³/mol. The van der Waals surface area contributed by atoms with Gasteiger partial charge in [-0.2, -0.15) is 0 Å². The fourth-order valence-electron chi connectivity index (χ4n) is 4.98. The molecule has 6 N–H and O–H groups in total. The number of hydrogen-bond acceptors (Lipinski definition) is 11. The minimum atomic E-state index is -1.55. The average molecular weight is 521 g/mol. The number of cyclic esters (lactones) is 1. The van der Waals surface area contributed by atoms with Gasteiger partial charge >= 0.3 is 5.97 Å². The van der Waals surface area contributed by atoms with Gasteiger partial charge in [0.25, 0.3) is 0 Å². The van der Waals surface area contributed by atoms with Crippen LogP contribution in [-0.4, -0.2) is 88.5 Å². The van der Waals surface area contributed by atoms with Crippen molar-refractivity contribution in [2.75, 3.05) is 27.4 Å². The van der Waals surface area contributed by atoms with Crippen molar-refractivity contribution >= 4 is 5.97 Å². The molecule has 2 fully saturated rings. The second kappa shape index (κ2) is 11.2. The molecule has 2 heterocycles. The molecular weight excluding hydrogens is 488 g/mol. The van der Waals surface area contributed by atoms with Crippen LogP contribution in [0.3, 0.4) is 0 Å². The van der Waals surface area contributed by atoms with Gasteiger partial charge in [0.15, 0.2) is 11.5 Å². The Morgan fingerprint density at radius 2 is 1.73 bits per heavy atom. The molecule has 11 nitrogen and oxygen atoms in total. The van der Waals surface area contributed by atoms with Crippen LogP contribution in [0.4, 0.5) is 0 Å². The van der Waals surface area contributed by atoms with Crippen molar-refractivity contribution in [3.8, 4) is 17.2 Å². The van der Waals surface area contributed by atoms with Gasteiger partial charge in [0.05, 0.1) is 39.5 Å². The van der Waals surface area contributed by atoms with E-state index in [-0.39, 0.29) is 30.3 Å². The molecule has 11 heteroatoms. The van der Waals surface area contributed by atoms with Gasteiger partial charge in [-0.15, -0.1) is 0 Å². The standard InChI is InChI=1S/C26H32O11/c1-34-18-9-13(4-5-14(18)25-24(32)23(31)22(30)20(10-27)37-25)21(29)16-11-36-26(33)15(16)7-12-3-6-17(28)19(8-12)35-2/h3-6,8-9,15-16,20-25,27-32H,7,10-11H2,1-2H3/t15-,16+,20-,21+,22-,23+,24-,25+/m1/s1. The first-order chi connectivity index (χ1) is 17.7. The highest BCUT2D eigenvalue weighted by atomic mass is 16.5. The summed E-state index contributed by atoms with van der Waals surface area (Å²) < 4.78 is 21.5. The molecule has 0 aliphatic carbocycles. The number of aliphatic hydroxyl groups excluding tert-OH is 5. The molecule has 0 bridgehead atoms. The van der Waals surface area contributed by atoms with E-state index in [9.17, 15) is 35.4 Å². The summed E-state index contributed by atoms with van der Waals surface area (Å²) in [7, 11) is 2.82. The lowest BCUT2D eigenvalue weighted by molar-refractivity contribution is -0.232. The molecule has 2 aromatic rings. The molecule has 2 aliphatic heterocycles. The summed E-state index contributed by atoms with van der Waals surface area (Å²) in [6, 6.07) is 9.47. The van der Waals surface area contributed by atoms with Gasteiger partial charge in [0.1, 0.15) is 36.3 Å². The summed E-state index contributed by atoms with van der Waals surface area (Å²) in [5.41, 5.74) is 1.51. The van der Waals surface area contributed by atoms with E-state index in [1.807, 2.05) is 0 Å².